The van der Waals surface area contributed by atoms with Crippen molar-refractivity contribution in [2.45, 2.75) is 13.3 Å². The lowest BCUT2D eigenvalue weighted by atomic mass is 10.1. The van der Waals surface area contributed by atoms with E-state index >= 15 is 0 Å². The summed E-state index contributed by atoms with van der Waals surface area (Å²) in [5.74, 6) is 0.858. The molecule has 0 aliphatic carbocycles. The van der Waals surface area contributed by atoms with Crippen LogP contribution in [0.25, 0.3) is 21.5 Å². The molecule has 0 bridgehead atoms. The number of hydrogen-bond acceptors (Lipinski definition) is 8. The smallest absolute Gasteiger partial charge is 0.321 e. The minimum atomic E-state index is -0.295. The van der Waals surface area contributed by atoms with Crippen molar-refractivity contribution in [2.75, 3.05) is 31.7 Å². The molecule has 4 heterocycles. The molecule has 146 valence electrons. The van der Waals surface area contributed by atoms with E-state index in [2.05, 4.69) is 30.6 Å². The van der Waals surface area contributed by atoms with Crippen molar-refractivity contribution >= 4 is 32.8 Å². The van der Waals surface area contributed by atoms with Crippen LogP contribution in [0.15, 0.2) is 24.8 Å². The van der Waals surface area contributed by atoms with Crippen molar-refractivity contribution in [2.24, 2.45) is 5.92 Å². The fraction of sp³-hybridized carbons (Fsp3) is 0.389. The molecule has 1 unspecified atom stereocenters. The standard InChI is InChI=1S/C18H20N6O3S/c1-2-21-17(25)24-18-22-14-5-13(12-6-19-10-20-7-12)15(23-16(14)28-18)27-9-11-3-4-26-8-11/h5-7,10-11H,2-4,8-9H2,1H3,(H2,21,22,24,25). The molecule has 4 rings (SSSR count). The Kier molecular flexibility index (Phi) is 5.58. The number of fused-ring (bicyclic) bond motifs is 1. The Hall–Kier alpha value is -2.85. The average Bonchev–Trinajstić information content (AvgIpc) is 3.35. The zero-order valence-electron chi connectivity index (χ0n) is 15.3. The Morgan fingerprint density at radius 3 is 2.96 bits per heavy atom. The van der Waals surface area contributed by atoms with Crippen molar-refractivity contribution in [3.8, 4) is 17.0 Å². The molecular weight excluding hydrogens is 380 g/mol. The highest BCUT2D eigenvalue weighted by Crippen LogP contribution is 2.34. The van der Waals surface area contributed by atoms with Crippen LogP contribution < -0.4 is 15.4 Å². The van der Waals surface area contributed by atoms with Gasteiger partial charge in [-0.1, -0.05) is 11.3 Å². The maximum absolute atomic E-state index is 11.8. The maximum Gasteiger partial charge on any atom is 0.321 e. The summed E-state index contributed by atoms with van der Waals surface area (Å²) in [6.45, 7) is 4.39. The lowest BCUT2D eigenvalue weighted by Crippen LogP contribution is -2.28. The molecule has 3 aromatic heterocycles. The third-order valence-corrected chi connectivity index (χ3v) is 5.14. The van der Waals surface area contributed by atoms with Gasteiger partial charge in [-0.2, -0.15) is 0 Å². The predicted octanol–water partition coefficient (Wildman–Crippen LogP) is 2.71. The molecule has 3 aromatic rings. The van der Waals surface area contributed by atoms with E-state index in [1.165, 1.54) is 17.7 Å². The largest absolute Gasteiger partial charge is 0.477 e. The number of nitrogens with zero attached hydrogens (tertiary/aromatic N) is 4. The van der Waals surface area contributed by atoms with Crippen LogP contribution in [0.1, 0.15) is 13.3 Å². The zero-order valence-corrected chi connectivity index (χ0v) is 16.2. The lowest BCUT2D eigenvalue weighted by molar-refractivity contribution is 0.166. The highest BCUT2D eigenvalue weighted by molar-refractivity contribution is 7.22. The Morgan fingerprint density at radius 1 is 1.36 bits per heavy atom. The first-order valence-electron chi connectivity index (χ1n) is 9.05. The number of aromatic nitrogens is 4. The Balaban J connectivity index is 1.66. The van der Waals surface area contributed by atoms with Gasteiger partial charge in [-0.3, -0.25) is 5.32 Å². The first-order valence-corrected chi connectivity index (χ1v) is 9.87. The highest BCUT2D eigenvalue weighted by atomic mass is 32.1. The molecule has 1 atom stereocenters. The van der Waals surface area contributed by atoms with Gasteiger partial charge in [0.1, 0.15) is 16.7 Å². The molecule has 0 spiro atoms. The summed E-state index contributed by atoms with van der Waals surface area (Å²) in [6.07, 6.45) is 5.87. The van der Waals surface area contributed by atoms with Gasteiger partial charge in [-0.05, 0) is 19.4 Å². The second-order valence-corrected chi connectivity index (χ2v) is 7.31. The monoisotopic (exact) mass is 400 g/mol. The maximum atomic E-state index is 11.8. The molecule has 0 saturated carbocycles. The number of pyridine rings is 1. The fourth-order valence-corrected chi connectivity index (χ4v) is 3.68. The van der Waals surface area contributed by atoms with E-state index in [0.717, 1.165) is 24.2 Å². The number of amides is 2. The van der Waals surface area contributed by atoms with Gasteiger partial charge < -0.3 is 14.8 Å². The third-order valence-electron chi connectivity index (χ3n) is 4.26. The third kappa shape index (κ3) is 4.18. The molecular formula is C18H20N6O3S. The molecule has 2 amide bonds. The molecule has 1 saturated heterocycles. The van der Waals surface area contributed by atoms with Crippen LogP contribution in [-0.2, 0) is 4.74 Å². The molecule has 1 aliphatic rings. The molecule has 0 radical (unpaired) electrons. The summed E-state index contributed by atoms with van der Waals surface area (Å²) >= 11 is 1.30. The quantitative estimate of drug-likeness (QED) is 0.654. The van der Waals surface area contributed by atoms with Crippen LogP contribution >= 0.6 is 11.3 Å². The number of hydrogen-bond donors (Lipinski definition) is 2. The topological polar surface area (TPSA) is 111 Å². The molecule has 28 heavy (non-hydrogen) atoms. The molecule has 9 nitrogen and oxygen atoms in total. The number of thiazole rings is 1. The summed E-state index contributed by atoms with van der Waals surface area (Å²) in [4.78, 5) is 29.7. The summed E-state index contributed by atoms with van der Waals surface area (Å²) < 4.78 is 11.5. The van der Waals surface area contributed by atoms with Gasteiger partial charge in [0.2, 0.25) is 5.88 Å². The first kappa shape index (κ1) is 18.5. The van der Waals surface area contributed by atoms with Crippen LogP contribution in [0.3, 0.4) is 0 Å². The summed E-state index contributed by atoms with van der Waals surface area (Å²) in [6, 6.07) is 1.59. The summed E-state index contributed by atoms with van der Waals surface area (Å²) in [5, 5.41) is 5.88. The van der Waals surface area contributed by atoms with Gasteiger partial charge in [0.15, 0.2) is 5.13 Å². The van der Waals surface area contributed by atoms with Crippen molar-refractivity contribution in [3.05, 3.63) is 24.8 Å². The van der Waals surface area contributed by atoms with E-state index in [0.29, 0.717) is 47.0 Å². The van der Waals surface area contributed by atoms with Gasteiger partial charge in [-0.25, -0.2) is 24.7 Å². The highest BCUT2D eigenvalue weighted by Gasteiger charge is 2.20. The van der Waals surface area contributed by atoms with Crippen LogP contribution in [0.4, 0.5) is 9.93 Å². The second-order valence-electron chi connectivity index (χ2n) is 6.34. The van der Waals surface area contributed by atoms with Crippen molar-refractivity contribution in [1.29, 1.82) is 0 Å². The average molecular weight is 400 g/mol. The Bertz CT molecular complexity index is 959. The summed E-state index contributed by atoms with van der Waals surface area (Å²) in [7, 11) is 0. The van der Waals surface area contributed by atoms with Crippen molar-refractivity contribution < 1.29 is 14.3 Å². The van der Waals surface area contributed by atoms with Crippen LogP contribution in [-0.4, -0.2) is 52.3 Å². The van der Waals surface area contributed by atoms with E-state index in [1.807, 2.05) is 13.0 Å². The Morgan fingerprint density at radius 2 is 2.21 bits per heavy atom. The molecule has 0 aromatic carbocycles. The number of anilines is 1. The minimum Gasteiger partial charge on any atom is -0.477 e. The predicted molar refractivity (Wildman–Crippen MR) is 106 cm³/mol. The van der Waals surface area contributed by atoms with Gasteiger partial charge >= 0.3 is 6.03 Å². The van der Waals surface area contributed by atoms with Crippen LogP contribution in [0, 0.1) is 5.92 Å². The zero-order chi connectivity index (χ0) is 19.3. The van der Waals surface area contributed by atoms with E-state index in [4.69, 9.17) is 9.47 Å². The number of rotatable bonds is 6. The second kappa shape index (κ2) is 8.44. The van der Waals surface area contributed by atoms with Gasteiger partial charge in [0, 0.05) is 42.6 Å². The van der Waals surface area contributed by atoms with Gasteiger partial charge in [-0.15, -0.1) is 0 Å². The van der Waals surface area contributed by atoms with E-state index in [9.17, 15) is 4.79 Å². The molecule has 10 heteroatoms. The number of nitrogens with one attached hydrogen (secondary N) is 2. The number of ether oxygens (including phenoxy) is 2. The van der Waals surface area contributed by atoms with Crippen LogP contribution in [0.5, 0.6) is 5.88 Å². The number of carbonyl (C=O) groups excluding carboxylic acids is 1. The molecule has 2 N–H and O–H groups in total. The van der Waals surface area contributed by atoms with E-state index in [1.54, 1.807) is 12.4 Å². The minimum absolute atomic E-state index is 0.295. The number of carbonyl (C=O) groups is 1. The molecule has 1 aliphatic heterocycles. The van der Waals surface area contributed by atoms with E-state index < -0.39 is 0 Å². The molecule has 1 fully saturated rings. The lowest BCUT2D eigenvalue weighted by Gasteiger charge is -2.13. The summed E-state index contributed by atoms with van der Waals surface area (Å²) in [5.41, 5.74) is 2.23. The SMILES string of the molecule is CCNC(=O)Nc1nc2cc(-c3cncnc3)c(OCC3CCOC3)nc2s1. The number of urea groups is 1. The van der Waals surface area contributed by atoms with E-state index in [-0.39, 0.29) is 6.03 Å². The Labute approximate surface area is 165 Å². The normalized spacial score (nSPS) is 16.2. The van der Waals surface area contributed by atoms with Crippen molar-refractivity contribution in [1.82, 2.24) is 25.3 Å². The fourth-order valence-electron chi connectivity index (χ4n) is 2.87. The first-order chi connectivity index (χ1) is 13.7. The van der Waals surface area contributed by atoms with Crippen LogP contribution in [0.2, 0.25) is 0 Å². The van der Waals surface area contributed by atoms with Gasteiger partial charge in [0.05, 0.1) is 13.2 Å². The van der Waals surface area contributed by atoms with Crippen molar-refractivity contribution in [3.63, 3.8) is 0 Å². The van der Waals surface area contributed by atoms with Gasteiger partial charge in [0.25, 0.3) is 0 Å².